The Kier molecular flexibility index (Phi) is 2.90. The zero-order valence-electron chi connectivity index (χ0n) is 11.3. The van der Waals surface area contributed by atoms with Gasteiger partial charge in [-0.3, -0.25) is 0 Å². The van der Waals surface area contributed by atoms with Gasteiger partial charge in [-0.2, -0.15) is 4.98 Å². The minimum atomic E-state index is 0.187. The van der Waals surface area contributed by atoms with Gasteiger partial charge >= 0.3 is 0 Å². The van der Waals surface area contributed by atoms with Gasteiger partial charge in [-0.25, -0.2) is 0 Å². The van der Waals surface area contributed by atoms with E-state index in [1.165, 1.54) is 0 Å². The molecule has 0 bridgehead atoms. The summed E-state index contributed by atoms with van der Waals surface area (Å²) in [4.78, 5) is 4.59. The predicted octanol–water partition coefficient (Wildman–Crippen LogP) is 1.67. The highest BCUT2D eigenvalue weighted by atomic mass is 16.5. The smallest absolute Gasteiger partial charge is 0.233 e. The number of hydrogen-bond acceptors (Lipinski definition) is 5. The number of aromatic nitrogens is 2. The molecule has 1 aliphatic heterocycles. The molecule has 1 aromatic rings. The van der Waals surface area contributed by atoms with Crippen molar-refractivity contribution in [2.75, 3.05) is 20.3 Å². The van der Waals surface area contributed by atoms with Crippen LogP contribution in [-0.2, 0) is 4.74 Å². The summed E-state index contributed by atoms with van der Waals surface area (Å²) in [5.41, 5.74) is 0.340. The van der Waals surface area contributed by atoms with Crippen molar-refractivity contribution in [3.63, 3.8) is 0 Å². The maximum Gasteiger partial charge on any atom is 0.233 e. The van der Waals surface area contributed by atoms with Crippen molar-refractivity contribution < 1.29 is 9.26 Å². The standard InChI is InChI=1S/C13H21N3O2/c1-13(2)6-9(13)11-15-12(18-16-11)8-7-17-5-4-10(8)14-3/h8-10,14H,4-7H2,1-3H3. The quantitative estimate of drug-likeness (QED) is 0.885. The zero-order chi connectivity index (χ0) is 12.8. The van der Waals surface area contributed by atoms with E-state index in [1.54, 1.807) is 0 Å². The summed E-state index contributed by atoms with van der Waals surface area (Å²) in [6.45, 7) is 5.96. The maximum atomic E-state index is 5.53. The Morgan fingerprint density at radius 2 is 2.17 bits per heavy atom. The molecule has 1 N–H and O–H groups in total. The van der Waals surface area contributed by atoms with Crippen LogP contribution in [0.15, 0.2) is 4.52 Å². The molecular formula is C13H21N3O2. The molecule has 5 heteroatoms. The van der Waals surface area contributed by atoms with E-state index < -0.39 is 0 Å². The largest absolute Gasteiger partial charge is 0.381 e. The van der Waals surface area contributed by atoms with Crippen molar-refractivity contribution in [2.45, 2.75) is 44.6 Å². The van der Waals surface area contributed by atoms with Crippen LogP contribution in [-0.4, -0.2) is 36.4 Å². The molecule has 0 aromatic carbocycles. The summed E-state index contributed by atoms with van der Waals surface area (Å²) < 4.78 is 11.0. The van der Waals surface area contributed by atoms with Gasteiger partial charge in [-0.1, -0.05) is 19.0 Å². The van der Waals surface area contributed by atoms with E-state index in [9.17, 15) is 0 Å². The molecule has 3 atom stereocenters. The SMILES string of the molecule is CNC1CCOCC1c1nc(C2CC2(C)C)no1. The van der Waals surface area contributed by atoms with Gasteiger partial charge in [0.2, 0.25) is 5.89 Å². The summed E-state index contributed by atoms with van der Waals surface area (Å²) in [7, 11) is 1.98. The maximum absolute atomic E-state index is 5.53. The molecule has 1 saturated heterocycles. The van der Waals surface area contributed by atoms with E-state index >= 15 is 0 Å². The molecule has 1 saturated carbocycles. The summed E-state index contributed by atoms with van der Waals surface area (Å²) >= 11 is 0. The summed E-state index contributed by atoms with van der Waals surface area (Å²) in [6.07, 6.45) is 2.15. The lowest BCUT2D eigenvalue weighted by atomic mass is 9.96. The minimum absolute atomic E-state index is 0.187. The van der Waals surface area contributed by atoms with E-state index in [0.29, 0.717) is 24.0 Å². The van der Waals surface area contributed by atoms with E-state index in [-0.39, 0.29) is 5.92 Å². The van der Waals surface area contributed by atoms with Crippen LogP contribution in [0.1, 0.15) is 50.2 Å². The average Bonchev–Trinajstić information content (AvgIpc) is 2.80. The molecule has 2 heterocycles. The zero-order valence-corrected chi connectivity index (χ0v) is 11.3. The molecule has 2 fully saturated rings. The molecule has 18 heavy (non-hydrogen) atoms. The molecule has 0 radical (unpaired) electrons. The number of likely N-dealkylation sites (N-methyl/N-ethyl adjacent to an activating group) is 1. The van der Waals surface area contributed by atoms with Crippen LogP contribution in [0.25, 0.3) is 0 Å². The van der Waals surface area contributed by atoms with Crippen LogP contribution in [0.3, 0.4) is 0 Å². The number of ether oxygens (including phenoxy) is 1. The lowest BCUT2D eigenvalue weighted by molar-refractivity contribution is 0.0516. The van der Waals surface area contributed by atoms with Gasteiger partial charge in [0.15, 0.2) is 5.82 Å². The van der Waals surface area contributed by atoms with E-state index in [4.69, 9.17) is 9.26 Å². The van der Waals surface area contributed by atoms with Crippen LogP contribution in [0.2, 0.25) is 0 Å². The highest BCUT2D eigenvalue weighted by Gasteiger charge is 2.49. The molecule has 3 unspecified atom stereocenters. The molecule has 0 spiro atoms. The van der Waals surface area contributed by atoms with Gasteiger partial charge in [0.25, 0.3) is 0 Å². The second kappa shape index (κ2) is 4.31. The van der Waals surface area contributed by atoms with Crippen LogP contribution < -0.4 is 5.32 Å². The summed E-state index contributed by atoms with van der Waals surface area (Å²) in [5.74, 6) is 2.25. The average molecular weight is 251 g/mol. The minimum Gasteiger partial charge on any atom is -0.381 e. The first-order valence-electron chi connectivity index (χ1n) is 6.70. The fourth-order valence-electron chi connectivity index (χ4n) is 2.77. The third-order valence-electron chi connectivity index (χ3n) is 4.33. The monoisotopic (exact) mass is 251 g/mol. The van der Waals surface area contributed by atoms with Gasteiger partial charge in [-0.15, -0.1) is 0 Å². The highest BCUT2D eigenvalue weighted by molar-refractivity contribution is 5.15. The van der Waals surface area contributed by atoms with Gasteiger partial charge < -0.3 is 14.6 Å². The Morgan fingerprint density at radius 3 is 2.83 bits per heavy atom. The number of hydrogen-bond donors (Lipinski definition) is 1. The fourth-order valence-corrected chi connectivity index (χ4v) is 2.77. The van der Waals surface area contributed by atoms with E-state index in [0.717, 1.165) is 31.2 Å². The molecule has 0 amide bonds. The first kappa shape index (κ1) is 12.1. The van der Waals surface area contributed by atoms with Crippen molar-refractivity contribution in [3.05, 3.63) is 11.7 Å². The predicted molar refractivity (Wildman–Crippen MR) is 66.5 cm³/mol. The Balaban J connectivity index is 1.76. The highest BCUT2D eigenvalue weighted by Crippen LogP contribution is 2.57. The summed E-state index contributed by atoms with van der Waals surface area (Å²) in [5, 5.41) is 7.46. The van der Waals surface area contributed by atoms with Crippen molar-refractivity contribution >= 4 is 0 Å². The van der Waals surface area contributed by atoms with Crippen LogP contribution in [0.4, 0.5) is 0 Å². The molecule has 5 nitrogen and oxygen atoms in total. The van der Waals surface area contributed by atoms with Crippen molar-refractivity contribution in [1.29, 1.82) is 0 Å². The molecule has 1 aliphatic carbocycles. The van der Waals surface area contributed by atoms with Crippen LogP contribution in [0, 0.1) is 5.41 Å². The molecule has 1 aromatic heterocycles. The van der Waals surface area contributed by atoms with Gasteiger partial charge in [0.1, 0.15) is 0 Å². The third-order valence-corrected chi connectivity index (χ3v) is 4.33. The van der Waals surface area contributed by atoms with E-state index in [2.05, 4.69) is 29.3 Å². The van der Waals surface area contributed by atoms with Gasteiger partial charge in [-0.05, 0) is 25.3 Å². The number of rotatable bonds is 3. The second-order valence-corrected chi connectivity index (χ2v) is 6.10. The fraction of sp³-hybridized carbons (Fsp3) is 0.846. The molecule has 3 rings (SSSR count). The molecular weight excluding hydrogens is 230 g/mol. The number of nitrogens with one attached hydrogen (secondary N) is 1. The van der Waals surface area contributed by atoms with Gasteiger partial charge in [0, 0.05) is 18.6 Å². The molecule has 2 aliphatic rings. The van der Waals surface area contributed by atoms with Crippen molar-refractivity contribution in [1.82, 2.24) is 15.5 Å². The Morgan fingerprint density at radius 1 is 1.39 bits per heavy atom. The first-order valence-corrected chi connectivity index (χ1v) is 6.70. The lowest BCUT2D eigenvalue weighted by Gasteiger charge is -2.28. The lowest BCUT2D eigenvalue weighted by Crippen LogP contribution is -2.39. The van der Waals surface area contributed by atoms with Gasteiger partial charge in [0.05, 0.1) is 12.5 Å². The Hall–Kier alpha value is -0.940. The van der Waals surface area contributed by atoms with Crippen molar-refractivity contribution in [3.8, 4) is 0 Å². The first-order chi connectivity index (χ1) is 8.62. The van der Waals surface area contributed by atoms with Crippen molar-refractivity contribution in [2.24, 2.45) is 5.41 Å². The summed E-state index contributed by atoms with van der Waals surface area (Å²) in [6, 6.07) is 0.374. The van der Waals surface area contributed by atoms with Crippen LogP contribution in [0.5, 0.6) is 0 Å². The molecule has 100 valence electrons. The topological polar surface area (TPSA) is 60.2 Å². The second-order valence-electron chi connectivity index (χ2n) is 6.10. The normalized spacial score (nSPS) is 34.5. The third kappa shape index (κ3) is 2.06. The van der Waals surface area contributed by atoms with E-state index in [1.807, 2.05) is 7.05 Å². The Labute approximate surface area is 107 Å². The Bertz CT molecular complexity index is 430. The van der Waals surface area contributed by atoms with Crippen LogP contribution >= 0.6 is 0 Å². The number of nitrogens with zero attached hydrogens (tertiary/aromatic N) is 2.